The number of carbonyl (C=O) groups excluding carboxylic acids is 4. The summed E-state index contributed by atoms with van der Waals surface area (Å²) in [5.74, 6) is -0.743. The highest BCUT2D eigenvalue weighted by Crippen LogP contribution is 2.37. The number of hydrogen-bond donors (Lipinski definition) is 4. The van der Waals surface area contributed by atoms with E-state index in [0.717, 1.165) is 98.5 Å². The van der Waals surface area contributed by atoms with Crippen molar-refractivity contribution in [1.82, 2.24) is 50.2 Å². The van der Waals surface area contributed by atoms with Crippen LogP contribution < -0.4 is 20.9 Å². The van der Waals surface area contributed by atoms with E-state index in [4.69, 9.17) is 4.98 Å². The largest absolute Gasteiger partial charge is 0.391 e. The number of amides is 4. The van der Waals surface area contributed by atoms with Gasteiger partial charge in [-0.2, -0.15) is 10.4 Å². The first-order valence-electron chi connectivity index (χ1n) is 26.6. The van der Waals surface area contributed by atoms with E-state index in [-0.39, 0.29) is 55.1 Å². The highest BCUT2D eigenvalue weighted by atomic mass is 32.1. The number of aliphatic hydroxyl groups is 1. The van der Waals surface area contributed by atoms with Crippen molar-refractivity contribution < 1.29 is 24.3 Å². The third kappa shape index (κ3) is 13.6. The van der Waals surface area contributed by atoms with Gasteiger partial charge in [0.25, 0.3) is 0 Å². The predicted octanol–water partition coefficient (Wildman–Crippen LogP) is 8.57. The molecule has 402 valence electrons. The number of unbranched alkanes of at least 4 members (excludes halogenated alkanes) is 6. The molecule has 0 aliphatic carbocycles. The van der Waals surface area contributed by atoms with Crippen molar-refractivity contribution in [1.29, 1.82) is 5.26 Å². The van der Waals surface area contributed by atoms with E-state index in [0.29, 0.717) is 44.6 Å². The zero-order valence-electron chi connectivity index (χ0n) is 44.7. The lowest BCUT2D eigenvalue weighted by Gasteiger charge is -2.35. The number of aryl methyl sites for hydroxylation is 1. The molecule has 76 heavy (non-hydrogen) atoms. The molecule has 1 aromatic carbocycles. The number of rotatable bonds is 21. The summed E-state index contributed by atoms with van der Waals surface area (Å²) in [5, 5.41) is 44.7. The molecule has 5 aromatic heterocycles. The Bertz CT molecular complexity index is 3020. The number of fused-ring (bicyclic) bond motifs is 1. The molecule has 2 aliphatic rings. The fourth-order valence-electron chi connectivity index (χ4n) is 9.90. The van der Waals surface area contributed by atoms with Gasteiger partial charge in [0.05, 0.1) is 62.5 Å². The van der Waals surface area contributed by atoms with Crippen LogP contribution in [0.15, 0.2) is 66.4 Å². The van der Waals surface area contributed by atoms with Gasteiger partial charge in [-0.25, -0.2) is 9.50 Å². The minimum Gasteiger partial charge on any atom is -0.391 e. The zero-order valence-corrected chi connectivity index (χ0v) is 46.3. The molecule has 2 unspecified atom stereocenters. The number of benzene rings is 1. The minimum absolute atomic E-state index is 0.0192. The maximum atomic E-state index is 14.1. The summed E-state index contributed by atoms with van der Waals surface area (Å²) in [6, 6.07) is 15.9. The predicted molar refractivity (Wildman–Crippen MR) is 298 cm³/mol. The van der Waals surface area contributed by atoms with Crippen LogP contribution >= 0.6 is 22.7 Å². The summed E-state index contributed by atoms with van der Waals surface area (Å²) in [4.78, 5) is 70.1. The summed E-state index contributed by atoms with van der Waals surface area (Å²) in [7, 11) is 0. The lowest BCUT2D eigenvalue weighted by molar-refractivity contribution is -0.144. The smallest absolute Gasteiger partial charge is 0.246 e. The highest BCUT2D eigenvalue weighted by molar-refractivity contribution is 7.18. The van der Waals surface area contributed by atoms with Crippen molar-refractivity contribution in [2.75, 3.05) is 42.9 Å². The lowest BCUT2D eigenvalue weighted by atomic mass is 9.85. The molecule has 6 aromatic rings. The molecule has 4 atom stereocenters. The summed E-state index contributed by atoms with van der Waals surface area (Å²) in [6.45, 7) is 16.3. The summed E-state index contributed by atoms with van der Waals surface area (Å²) in [6.07, 6.45) is 9.81. The Balaban J connectivity index is 0.718. The zero-order chi connectivity index (χ0) is 54.1. The number of pyridine rings is 1. The van der Waals surface area contributed by atoms with Crippen molar-refractivity contribution in [3.05, 3.63) is 83.3 Å². The van der Waals surface area contributed by atoms with Crippen LogP contribution in [0.3, 0.4) is 0 Å². The number of nitrogens with zero attached hydrogens (tertiary/aromatic N) is 10. The average Bonchev–Trinajstić information content (AvgIpc) is 4.27. The molecule has 20 heteroatoms. The second-order valence-corrected chi connectivity index (χ2v) is 23.3. The van der Waals surface area contributed by atoms with Gasteiger partial charge in [0.1, 0.15) is 18.2 Å². The van der Waals surface area contributed by atoms with Gasteiger partial charge in [-0.15, -0.1) is 21.5 Å². The van der Waals surface area contributed by atoms with Crippen molar-refractivity contribution in [3.63, 3.8) is 0 Å². The number of anilines is 2. The monoisotopic (exact) mass is 1070 g/mol. The molecule has 0 spiro atoms. The number of thiazole rings is 1. The Morgan fingerprint density at radius 2 is 1.58 bits per heavy atom. The first-order valence-corrected chi connectivity index (χ1v) is 28.3. The normalized spacial score (nSPS) is 16.7. The van der Waals surface area contributed by atoms with Crippen molar-refractivity contribution in [3.8, 4) is 38.5 Å². The lowest BCUT2D eigenvalue weighted by Crippen LogP contribution is -2.57. The first-order chi connectivity index (χ1) is 36.5. The van der Waals surface area contributed by atoms with Crippen molar-refractivity contribution in [2.24, 2.45) is 5.41 Å². The summed E-state index contributed by atoms with van der Waals surface area (Å²) < 4.78 is 1.78. The van der Waals surface area contributed by atoms with Crippen LogP contribution in [0.4, 0.5) is 10.8 Å². The molecule has 0 bridgehead atoms. The number of hydrogen-bond acceptors (Lipinski definition) is 15. The maximum Gasteiger partial charge on any atom is 0.246 e. The first kappa shape index (κ1) is 55.4. The molecule has 7 heterocycles. The van der Waals surface area contributed by atoms with Gasteiger partial charge in [-0.1, -0.05) is 88.5 Å². The third-order valence-corrected chi connectivity index (χ3v) is 16.1. The van der Waals surface area contributed by atoms with Gasteiger partial charge in [0.2, 0.25) is 28.8 Å². The molecule has 18 nitrogen and oxygen atoms in total. The average molecular weight is 1070 g/mol. The molecule has 2 saturated heterocycles. The van der Waals surface area contributed by atoms with Crippen LogP contribution in [0.25, 0.3) is 37.9 Å². The number of β-amino-alcohol motifs (C(OH)–C–C–N with tert-alkyl or cyclic N) is 1. The van der Waals surface area contributed by atoms with Gasteiger partial charge in [-0.3, -0.25) is 24.2 Å². The van der Waals surface area contributed by atoms with Crippen LogP contribution in [0.1, 0.15) is 129 Å². The van der Waals surface area contributed by atoms with E-state index < -0.39 is 23.6 Å². The molecule has 4 amide bonds. The Morgan fingerprint density at radius 1 is 0.868 bits per heavy atom. The summed E-state index contributed by atoms with van der Waals surface area (Å²) in [5.41, 5.74) is 8.73. The fraction of sp³-hybridized carbons (Fsp3) is 0.500. The Labute approximate surface area is 453 Å². The number of aliphatic hydroxyl groups excluding tert-OH is 1. The molecule has 8 rings (SSSR count). The van der Waals surface area contributed by atoms with E-state index in [2.05, 4.69) is 61.0 Å². The van der Waals surface area contributed by atoms with E-state index in [1.54, 1.807) is 28.1 Å². The Kier molecular flexibility index (Phi) is 18.2. The highest BCUT2D eigenvalue weighted by Gasteiger charge is 2.44. The van der Waals surface area contributed by atoms with Gasteiger partial charge in [0, 0.05) is 69.9 Å². The van der Waals surface area contributed by atoms with E-state index in [1.807, 2.05) is 93.7 Å². The van der Waals surface area contributed by atoms with Gasteiger partial charge in [-0.05, 0) is 81.3 Å². The van der Waals surface area contributed by atoms with Gasteiger partial charge in [0.15, 0.2) is 5.01 Å². The number of likely N-dealkylation sites (tertiary alicyclic amines) is 1. The van der Waals surface area contributed by atoms with Crippen LogP contribution in [-0.2, 0) is 19.2 Å². The standard InChI is InChI=1S/C56H71N13O5S2/c1-35(2)61-44-29-45(46-22-21-41-27-38(30-57)31-60-69(41)46)58-32-43(44)53-64-65-55(76-53)67-25-23-66(24-26-67)49(72)16-14-12-10-8-9-11-13-15-48(71)63-51(56(5,6)7)54(74)68-33-42(70)28-47(68)52(73)62-36(3)39-17-19-40(20-18-39)50-37(4)59-34-75-50/h17-22,27,29,31-32,34-36,42,47,51,70H,8-16,23-26,28,33H2,1-7H3,(H,58,61)(H,62,73)(H,63,71)/t36?,42-,47+,51?/m1/s1. The molecule has 2 aliphatic heterocycles. The molecule has 2 fully saturated rings. The topological polar surface area (TPSA) is 227 Å². The van der Waals surface area contributed by atoms with E-state index >= 15 is 0 Å². The molecular weight excluding hydrogens is 999 g/mol. The number of nitrogens with one attached hydrogen (secondary N) is 3. The Hall–Kier alpha value is -6.82. The molecular formula is C56H71N13O5S2. The fourth-order valence-corrected chi connectivity index (χ4v) is 11.6. The van der Waals surface area contributed by atoms with Crippen LogP contribution in [0.5, 0.6) is 0 Å². The SMILES string of the molecule is Cc1ncsc1-c1ccc(C(C)NC(=O)[C@@H]2C[C@@H](O)CN2C(=O)C(NC(=O)CCCCCCCCCC(=O)N2CCN(c3nnc(-c4cnc(-c5ccc6cc(C#N)cnn56)cc4NC(C)C)s3)CC2)C(C)(C)C)cc1. The van der Waals surface area contributed by atoms with Crippen LogP contribution in [0, 0.1) is 23.7 Å². The number of nitriles is 1. The van der Waals surface area contributed by atoms with Crippen LogP contribution in [-0.4, -0.2) is 125 Å². The second-order valence-electron chi connectivity index (χ2n) is 21.4. The quantitative estimate of drug-likeness (QED) is 0.0496. The molecule has 0 saturated carbocycles. The van der Waals surface area contributed by atoms with E-state index in [9.17, 15) is 29.5 Å². The molecule has 0 radical (unpaired) electrons. The summed E-state index contributed by atoms with van der Waals surface area (Å²) >= 11 is 3.09. The van der Waals surface area contributed by atoms with Crippen LogP contribution in [0.2, 0.25) is 0 Å². The number of carbonyl (C=O) groups is 4. The minimum atomic E-state index is -0.870. The van der Waals surface area contributed by atoms with Gasteiger partial charge >= 0.3 is 0 Å². The number of aromatic nitrogens is 6. The van der Waals surface area contributed by atoms with E-state index in [1.165, 1.54) is 16.2 Å². The third-order valence-electron chi connectivity index (χ3n) is 14.1. The Morgan fingerprint density at radius 3 is 2.25 bits per heavy atom. The van der Waals surface area contributed by atoms with Gasteiger partial charge < -0.3 is 35.8 Å². The number of piperazine rings is 1. The second kappa shape index (κ2) is 24.9. The van der Waals surface area contributed by atoms with Crippen molar-refractivity contribution in [2.45, 2.75) is 143 Å². The van der Waals surface area contributed by atoms with Crippen molar-refractivity contribution >= 4 is 62.6 Å². The molecule has 4 N–H and O–H groups in total. The maximum absolute atomic E-state index is 14.1.